The minimum Gasteiger partial charge on any atom is -0.504 e. The van der Waals surface area contributed by atoms with Gasteiger partial charge in [-0.2, -0.15) is 0 Å². The molecular weight excluding hydrogens is 302 g/mol. The van der Waals surface area contributed by atoms with Crippen LogP contribution in [0.15, 0.2) is 42.5 Å². The average Bonchev–Trinajstić information content (AvgIpc) is 2.98. The average molecular weight is 325 g/mol. The minimum atomic E-state index is 0.0987. The van der Waals surface area contributed by atoms with E-state index in [0.717, 1.165) is 22.4 Å². The van der Waals surface area contributed by atoms with Crippen molar-refractivity contribution in [1.29, 1.82) is 0 Å². The highest BCUT2D eigenvalue weighted by Crippen LogP contribution is 2.27. The molecule has 1 heterocycles. The van der Waals surface area contributed by atoms with Crippen molar-refractivity contribution in [2.24, 2.45) is 5.92 Å². The number of hydrogen-bond donors (Lipinski definition) is 3. The van der Waals surface area contributed by atoms with Crippen LogP contribution < -0.4 is 10.1 Å². The molecule has 0 spiro atoms. The molecule has 0 unspecified atom stereocenters. The molecule has 3 N–H and O–H groups in total. The lowest BCUT2D eigenvalue weighted by molar-refractivity contribution is 0.371. The smallest absolute Gasteiger partial charge is 0.160 e. The standard InChI is InChI=1S/C19H23N3O2/c1-12(2)18(19-21-14-6-4-5-7-15(14)22-19)20-11-13-8-9-17(24-3)16(23)10-13/h4-10,12,18,20,23H,11H2,1-3H3,(H,21,22)/t18-/m0/s1. The zero-order chi connectivity index (χ0) is 17.1. The molecule has 5 heteroatoms. The summed E-state index contributed by atoms with van der Waals surface area (Å²) in [6.45, 7) is 4.96. The maximum absolute atomic E-state index is 9.91. The maximum atomic E-state index is 9.91. The molecule has 0 bridgehead atoms. The third-order valence-electron chi connectivity index (χ3n) is 4.14. The number of nitrogens with one attached hydrogen (secondary N) is 2. The van der Waals surface area contributed by atoms with Gasteiger partial charge in [-0.25, -0.2) is 4.98 Å². The molecule has 0 fully saturated rings. The number of imidazole rings is 1. The Morgan fingerprint density at radius 1 is 1.21 bits per heavy atom. The summed E-state index contributed by atoms with van der Waals surface area (Å²) in [6, 6.07) is 13.6. The molecule has 3 aromatic rings. The second-order valence-corrected chi connectivity index (χ2v) is 6.25. The zero-order valence-electron chi connectivity index (χ0n) is 14.2. The molecule has 1 atom stereocenters. The van der Waals surface area contributed by atoms with Gasteiger partial charge in [0.05, 0.1) is 24.2 Å². The fourth-order valence-corrected chi connectivity index (χ4v) is 2.84. The van der Waals surface area contributed by atoms with Gasteiger partial charge < -0.3 is 20.1 Å². The van der Waals surface area contributed by atoms with Crippen molar-refractivity contribution >= 4 is 11.0 Å². The van der Waals surface area contributed by atoms with Gasteiger partial charge in [0.15, 0.2) is 11.5 Å². The number of methoxy groups -OCH3 is 1. The molecule has 0 saturated carbocycles. The van der Waals surface area contributed by atoms with Gasteiger partial charge in [-0.05, 0) is 35.7 Å². The number of fused-ring (bicyclic) bond motifs is 1. The van der Waals surface area contributed by atoms with Crippen LogP contribution in [-0.4, -0.2) is 22.2 Å². The summed E-state index contributed by atoms with van der Waals surface area (Å²) in [7, 11) is 1.54. The Labute approximate surface area is 141 Å². The molecule has 2 aromatic carbocycles. The van der Waals surface area contributed by atoms with E-state index in [9.17, 15) is 5.11 Å². The number of ether oxygens (including phenoxy) is 1. The Hall–Kier alpha value is -2.53. The Bertz CT molecular complexity index is 793. The van der Waals surface area contributed by atoms with Gasteiger partial charge in [0.25, 0.3) is 0 Å². The molecule has 0 radical (unpaired) electrons. The third kappa shape index (κ3) is 3.36. The van der Waals surface area contributed by atoms with Crippen molar-refractivity contribution in [2.45, 2.75) is 26.4 Å². The predicted octanol–water partition coefficient (Wildman–Crippen LogP) is 3.76. The number of aromatic nitrogens is 2. The minimum absolute atomic E-state index is 0.0987. The molecule has 1 aromatic heterocycles. The first-order chi connectivity index (χ1) is 11.6. The van der Waals surface area contributed by atoms with Crippen LogP contribution >= 0.6 is 0 Å². The normalized spacial score (nSPS) is 12.7. The highest BCUT2D eigenvalue weighted by atomic mass is 16.5. The molecule has 0 aliphatic rings. The number of para-hydroxylation sites is 2. The number of aromatic amines is 1. The number of benzene rings is 2. The van der Waals surface area contributed by atoms with E-state index in [4.69, 9.17) is 9.72 Å². The lowest BCUT2D eigenvalue weighted by Crippen LogP contribution is -2.26. The zero-order valence-corrected chi connectivity index (χ0v) is 14.2. The van der Waals surface area contributed by atoms with Crippen molar-refractivity contribution in [3.63, 3.8) is 0 Å². The maximum Gasteiger partial charge on any atom is 0.160 e. The fourth-order valence-electron chi connectivity index (χ4n) is 2.84. The summed E-state index contributed by atoms with van der Waals surface area (Å²) in [5.41, 5.74) is 3.01. The van der Waals surface area contributed by atoms with E-state index >= 15 is 0 Å². The first-order valence-electron chi connectivity index (χ1n) is 8.12. The molecule has 0 aliphatic carbocycles. The van der Waals surface area contributed by atoms with E-state index in [1.165, 1.54) is 0 Å². The Kier molecular flexibility index (Phi) is 4.71. The summed E-state index contributed by atoms with van der Waals surface area (Å²) >= 11 is 0. The van der Waals surface area contributed by atoms with E-state index in [2.05, 4.69) is 24.1 Å². The quantitative estimate of drug-likeness (QED) is 0.645. The van der Waals surface area contributed by atoms with Crippen LogP contribution in [0.2, 0.25) is 0 Å². The van der Waals surface area contributed by atoms with Crippen LogP contribution in [0.25, 0.3) is 11.0 Å². The number of rotatable bonds is 6. The second kappa shape index (κ2) is 6.93. The topological polar surface area (TPSA) is 70.2 Å². The monoisotopic (exact) mass is 325 g/mol. The summed E-state index contributed by atoms with van der Waals surface area (Å²) in [5.74, 6) is 1.94. The van der Waals surface area contributed by atoms with Gasteiger partial charge in [0, 0.05) is 6.54 Å². The van der Waals surface area contributed by atoms with Crippen LogP contribution in [-0.2, 0) is 6.54 Å². The number of H-pyrrole nitrogens is 1. The van der Waals surface area contributed by atoms with Gasteiger partial charge in [-0.1, -0.05) is 32.0 Å². The van der Waals surface area contributed by atoms with Crippen molar-refractivity contribution in [3.8, 4) is 11.5 Å². The van der Waals surface area contributed by atoms with E-state index in [-0.39, 0.29) is 11.8 Å². The first kappa shape index (κ1) is 16.3. The highest BCUT2D eigenvalue weighted by molar-refractivity contribution is 5.74. The fraction of sp³-hybridized carbons (Fsp3) is 0.316. The Morgan fingerprint density at radius 3 is 2.67 bits per heavy atom. The summed E-state index contributed by atoms with van der Waals surface area (Å²) < 4.78 is 5.08. The van der Waals surface area contributed by atoms with Gasteiger partial charge in [0.2, 0.25) is 0 Å². The molecule has 5 nitrogen and oxygen atoms in total. The molecular formula is C19H23N3O2. The number of phenols is 1. The lowest BCUT2D eigenvalue weighted by Gasteiger charge is -2.20. The van der Waals surface area contributed by atoms with Gasteiger partial charge in [0.1, 0.15) is 5.82 Å². The van der Waals surface area contributed by atoms with E-state index in [0.29, 0.717) is 18.2 Å². The van der Waals surface area contributed by atoms with Crippen LogP contribution in [0.1, 0.15) is 31.3 Å². The summed E-state index contributed by atoms with van der Waals surface area (Å²) in [5, 5.41) is 13.4. The number of nitrogens with zero attached hydrogens (tertiary/aromatic N) is 1. The Balaban J connectivity index is 1.78. The third-order valence-corrected chi connectivity index (χ3v) is 4.14. The summed E-state index contributed by atoms with van der Waals surface area (Å²) in [4.78, 5) is 8.10. The summed E-state index contributed by atoms with van der Waals surface area (Å²) in [6.07, 6.45) is 0. The van der Waals surface area contributed by atoms with Crippen LogP contribution in [0.5, 0.6) is 11.5 Å². The van der Waals surface area contributed by atoms with E-state index in [1.807, 2.05) is 30.3 Å². The Morgan fingerprint density at radius 2 is 2.00 bits per heavy atom. The van der Waals surface area contributed by atoms with E-state index < -0.39 is 0 Å². The van der Waals surface area contributed by atoms with Gasteiger partial charge in [-0.3, -0.25) is 0 Å². The second-order valence-electron chi connectivity index (χ2n) is 6.25. The van der Waals surface area contributed by atoms with Crippen LogP contribution in [0.3, 0.4) is 0 Å². The number of phenolic OH excluding ortho intramolecular Hbond substituents is 1. The van der Waals surface area contributed by atoms with Gasteiger partial charge in [-0.15, -0.1) is 0 Å². The first-order valence-corrected chi connectivity index (χ1v) is 8.12. The number of aromatic hydroxyl groups is 1. The molecule has 0 amide bonds. The highest BCUT2D eigenvalue weighted by Gasteiger charge is 2.19. The van der Waals surface area contributed by atoms with Crippen molar-refractivity contribution in [2.75, 3.05) is 7.11 Å². The van der Waals surface area contributed by atoms with Crippen molar-refractivity contribution in [3.05, 3.63) is 53.9 Å². The van der Waals surface area contributed by atoms with Crippen molar-refractivity contribution < 1.29 is 9.84 Å². The van der Waals surface area contributed by atoms with Crippen LogP contribution in [0, 0.1) is 5.92 Å². The number of hydrogen-bond acceptors (Lipinski definition) is 4. The van der Waals surface area contributed by atoms with Crippen LogP contribution in [0.4, 0.5) is 0 Å². The van der Waals surface area contributed by atoms with E-state index in [1.54, 1.807) is 19.2 Å². The molecule has 0 saturated heterocycles. The molecule has 24 heavy (non-hydrogen) atoms. The SMILES string of the molecule is COc1ccc(CN[C@H](c2nc3ccccc3[nH]2)C(C)C)cc1O. The lowest BCUT2D eigenvalue weighted by atomic mass is 10.0. The van der Waals surface area contributed by atoms with Crippen molar-refractivity contribution in [1.82, 2.24) is 15.3 Å². The van der Waals surface area contributed by atoms with Gasteiger partial charge >= 0.3 is 0 Å². The molecule has 3 rings (SSSR count). The predicted molar refractivity (Wildman–Crippen MR) is 95.2 cm³/mol. The molecule has 126 valence electrons. The largest absolute Gasteiger partial charge is 0.504 e. The molecule has 0 aliphatic heterocycles.